The van der Waals surface area contributed by atoms with E-state index in [1.807, 2.05) is 24.4 Å². The van der Waals surface area contributed by atoms with Crippen LogP contribution in [0, 0.1) is 0 Å². The summed E-state index contributed by atoms with van der Waals surface area (Å²) in [5, 5.41) is 9.21. The Morgan fingerprint density at radius 1 is 0.767 bits per heavy atom. The molecule has 0 unspecified atom stereocenters. The third-order valence-electron chi connectivity index (χ3n) is 5.42. The van der Waals surface area contributed by atoms with Crippen molar-refractivity contribution >= 4 is 18.0 Å². The highest BCUT2D eigenvalue weighted by Crippen LogP contribution is 2.32. The second kappa shape index (κ2) is 8.41. The number of aliphatic imine (C=N–C) groups is 2. The molecule has 0 N–H and O–H groups in total. The first kappa shape index (κ1) is 18.4. The minimum absolute atomic E-state index is 0.835. The fourth-order valence-electron chi connectivity index (χ4n) is 3.82. The Morgan fingerprint density at radius 3 is 2.27 bits per heavy atom. The molecule has 4 heterocycles. The molecular weight excluding hydrogens is 374 g/mol. The third-order valence-corrected chi connectivity index (χ3v) is 5.42. The number of guanidine groups is 1. The first-order chi connectivity index (χ1) is 14.9. The van der Waals surface area contributed by atoms with Gasteiger partial charge in [0.1, 0.15) is 5.69 Å². The predicted molar refractivity (Wildman–Crippen MR) is 120 cm³/mol. The van der Waals surface area contributed by atoms with Crippen molar-refractivity contribution in [2.45, 2.75) is 6.42 Å². The third kappa shape index (κ3) is 3.78. The first-order valence-electron chi connectivity index (χ1n) is 10.3. The predicted octanol–water partition coefficient (Wildman–Crippen LogP) is 3.16. The molecule has 0 aliphatic carbocycles. The Bertz CT molecular complexity index is 1060. The van der Waals surface area contributed by atoms with Gasteiger partial charge in [0.2, 0.25) is 5.96 Å². The molecule has 2 aliphatic rings. The van der Waals surface area contributed by atoms with Crippen LogP contribution in [0.3, 0.4) is 0 Å². The van der Waals surface area contributed by atoms with Crippen molar-refractivity contribution in [1.29, 1.82) is 0 Å². The lowest BCUT2D eigenvalue weighted by Crippen LogP contribution is -2.49. The second-order valence-electron chi connectivity index (χ2n) is 7.32. The van der Waals surface area contributed by atoms with E-state index in [0.29, 0.717) is 0 Å². The Balaban J connectivity index is 1.43. The zero-order valence-electron chi connectivity index (χ0n) is 16.7. The largest absolute Gasteiger partial charge is 0.352 e. The normalized spacial score (nSPS) is 16.5. The molecule has 0 radical (unpaired) electrons. The maximum atomic E-state index is 4.63. The van der Waals surface area contributed by atoms with Crippen molar-refractivity contribution in [3.8, 4) is 22.4 Å². The van der Waals surface area contributed by atoms with E-state index < -0.39 is 0 Å². The molecule has 3 aromatic rings. The number of nitrogens with zero attached hydrogens (tertiary/aromatic N) is 7. The molecule has 1 aromatic carbocycles. The highest BCUT2D eigenvalue weighted by Gasteiger charge is 2.22. The lowest BCUT2D eigenvalue weighted by atomic mass is 10.0. The van der Waals surface area contributed by atoms with Gasteiger partial charge < -0.3 is 9.80 Å². The number of anilines is 1. The van der Waals surface area contributed by atoms with Crippen LogP contribution < -0.4 is 4.90 Å². The van der Waals surface area contributed by atoms with E-state index in [0.717, 1.165) is 73.3 Å². The fourth-order valence-corrected chi connectivity index (χ4v) is 3.82. The number of hydrogen-bond acceptors (Lipinski definition) is 7. The van der Waals surface area contributed by atoms with Gasteiger partial charge in [0, 0.05) is 68.9 Å². The molecule has 5 rings (SSSR count). The monoisotopic (exact) mass is 397 g/mol. The van der Waals surface area contributed by atoms with Crippen LogP contribution in [-0.2, 0) is 0 Å². The van der Waals surface area contributed by atoms with Crippen molar-refractivity contribution in [2.75, 3.05) is 37.6 Å². The summed E-state index contributed by atoms with van der Waals surface area (Å²) in [5.74, 6) is 1.77. The molecule has 150 valence electrons. The topological polar surface area (TPSA) is 69.9 Å². The lowest BCUT2D eigenvalue weighted by molar-refractivity contribution is 0.379. The van der Waals surface area contributed by atoms with Crippen molar-refractivity contribution in [3.05, 3.63) is 60.9 Å². The van der Waals surface area contributed by atoms with Crippen LogP contribution >= 0.6 is 0 Å². The molecule has 0 amide bonds. The van der Waals surface area contributed by atoms with Gasteiger partial charge in [0.15, 0.2) is 5.82 Å². The molecule has 1 saturated heterocycles. The van der Waals surface area contributed by atoms with Crippen molar-refractivity contribution in [3.63, 3.8) is 0 Å². The smallest absolute Gasteiger partial charge is 0.220 e. The minimum Gasteiger partial charge on any atom is -0.352 e. The van der Waals surface area contributed by atoms with Crippen LogP contribution in [-0.4, -0.2) is 65.0 Å². The maximum absolute atomic E-state index is 4.63. The molecule has 7 heteroatoms. The summed E-state index contributed by atoms with van der Waals surface area (Å²) in [4.78, 5) is 17.7. The van der Waals surface area contributed by atoms with E-state index in [2.05, 4.69) is 65.3 Å². The molecule has 2 aliphatic heterocycles. The summed E-state index contributed by atoms with van der Waals surface area (Å²) in [6.45, 7) is 4.33. The average Bonchev–Trinajstić information content (AvgIpc) is 2.85. The van der Waals surface area contributed by atoms with Crippen LogP contribution in [0.2, 0.25) is 0 Å². The van der Waals surface area contributed by atoms with Crippen molar-refractivity contribution in [2.24, 2.45) is 9.98 Å². The number of benzene rings is 1. The molecule has 0 atom stereocenters. The molecule has 0 spiro atoms. The van der Waals surface area contributed by atoms with Gasteiger partial charge in [-0.3, -0.25) is 9.98 Å². The Labute approximate surface area is 175 Å². The minimum atomic E-state index is 0.835. The summed E-state index contributed by atoms with van der Waals surface area (Å²) in [5.41, 5.74) is 4.10. The fraction of sp³-hybridized carbons (Fsp3) is 0.261. The summed E-state index contributed by atoms with van der Waals surface area (Å²) in [6, 6.07) is 16.5. The molecule has 0 saturated carbocycles. The first-order valence-corrected chi connectivity index (χ1v) is 10.3. The number of piperazine rings is 1. The molecular formula is C23H23N7. The van der Waals surface area contributed by atoms with E-state index in [-0.39, 0.29) is 0 Å². The number of aromatic nitrogens is 3. The zero-order chi connectivity index (χ0) is 20.2. The highest BCUT2D eigenvalue weighted by atomic mass is 15.4. The summed E-state index contributed by atoms with van der Waals surface area (Å²) in [6.07, 6.45) is 6.47. The van der Waals surface area contributed by atoms with Crippen LogP contribution in [0.5, 0.6) is 0 Å². The van der Waals surface area contributed by atoms with Gasteiger partial charge in [-0.05, 0) is 23.8 Å². The van der Waals surface area contributed by atoms with Gasteiger partial charge in [0.25, 0.3) is 0 Å². The van der Waals surface area contributed by atoms with E-state index in [4.69, 9.17) is 0 Å². The number of hydrogen-bond donors (Lipinski definition) is 0. The summed E-state index contributed by atoms with van der Waals surface area (Å²) in [7, 11) is 0. The lowest BCUT2D eigenvalue weighted by Gasteiger charge is -2.36. The quantitative estimate of drug-likeness (QED) is 0.679. The van der Waals surface area contributed by atoms with E-state index >= 15 is 0 Å². The Kier molecular flexibility index (Phi) is 5.16. The van der Waals surface area contributed by atoms with Crippen LogP contribution in [0.4, 0.5) is 5.82 Å². The Hall–Kier alpha value is -3.61. The van der Waals surface area contributed by atoms with Crippen LogP contribution in [0.15, 0.2) is 70.9 Å². The Morgan fingerprint density at radius 2 is 1.53 bits per heavy atom. The molecule has 0 bridgehead atoms. The van der Waals surface area contributed by atoms with Gasteiger partial charge in [0.05, 0.1) is 0 Å². The molecule has 2 aromatic heterocycles. The molecule has 30 heavy (non-hydrogen) atoms. The highest BCUT2D eigenvalue weighted by molar-refractivity contribution is 5.89. The van der Waals surface area contributed by atoms with Gasteiger partial charge in [-0.15, -0.1) is 10.2 Å². The van der Waals surface area contributed by atoms with Gasteiger partial charge in [-0.2, -0.15) is 0 Å². The summed E-state index contributed by atoms with van der Waals surface area (Å²) < 4.78 is 0. The maximum Gasteiger partial charge on any atom is 0.220 e. The standard InChI is InChI=1S/C23H23N7/c1-2-5-18(6-3-1)20-17-21(27-28-22(20)19-7-11-24-12-8-19)29-13-15-30(16-14-29)23-25-9-4-10-26-23/h1-3,5-9,11-12,17H,4,10,13-16H2. The zero-order valence-corrected chi connectivity index (χ0v) is 16.7. The second-order valence-corrected chi connectivity index (χ2v) is 7.32. The molecule has 1 fully saturated rings. The number of pyridine rings is 1. The van der Waals surface area contributed by atoms with Crippen molar-refractivity contribution in [1.82, 2.24) is 20.1 Å². The molecule has 7 nitrogen and oxygen atoms in total. The van der Waals surface area contributed by atoms with E-state index in [1.54, 1.807) is 12.4 Å². The van der Waals surface area contributed by atoms with Gasteiger partial charge in [-0.1, -0.05) is 30.3 Å². The summed E-state index contributed by atoms with van der Waals surface area (Å²) >= 11 is 0. The number of rotatable bonds is 3. The van der Waals surface area contributed by atoms with Crippen molar-refractivity contribution < 1.29 is 0 Å². The van der Waals surface area contributed by atoms with E-state index in [9.17, 15) is 0 Å². The SMILES string of the molecule is C1=NC(N2CCN(c3cc(-c4ccccc4)c(-c4ccncc4)nn3)CC2)=NCC1. The average molecular weight is 397 g/mol. The van der Waals surface area contributed by atoms with E-state index in [1.165, 1.54) is 0 Å². The van der Waals surface area contributed by atoms with Gasteiger partial charge in [-0.25, -0.2) is 4.99 Å². The van der Waals surface area contributed by atoms with Crippen LogP contribution in [0.1, 0.15) is 6.42 Å². The van der Waals surface area contributed by atoms with Crippen LogP contribution in [0.25, 0.3) is 22.4 Å². The van der Waals surface area contributed by atoms with Gasteiger partial charge >= 0.3 is 0 Å².